The molecule has 1 heterocycles. The average Bonchev–Trinajstić information content (AvgIpc) is 2.28. The summed E-state index contributed by atoms with van der Waals surface area (Å²) < 4.78 is 0. The van der Waals surface area contributed by atoms with Gasteiger partial charge in [0.1, 0.15) is 0 Å². The average molecular weight is 211 g/mol. The van der Waals surface area contributed by atoms with Crippen LogP contribution in [-0.4, -0.2) is 7.05 Å². The lowest BCUT2D eigenvalue weighted by Crippen LogP contribution is -2.13. The lowest BCUT2D eigenvalue weighted by atomic mass is 9.99. The van der Waals surface area contributed by atoms with E-state index in [9.17, 15) is 0 Å². The zero-order valence-corrected chi connectivity index (χ0v) is 10.1. The third-order valence-electron chi connectivity index (χ3n) is 2.67. The normalized spacial score (nSPS) is 16.2. The van der Waals surface area contributed by atoms with Crippen LogP contribution in [0.4, 0.5) is 5.69 Å². The maximum atomic E-state index is 2.18. The maximum absolute atomic E-state index is 2.18. The van der Waals surface area contributed by atoms with E-state index in [0.717, 1.165) is 0 Å². The Bertz CT molecular complexity index is 474. The zero-order chi connectivity index (χ0) is 11.5. The molecule has 1 aromatic carbocycles. The number of anilines is 1. The van der Waals surface area contributed by atoms with Crippen molar-refractivity contribution in [2.75, 3.05) is 11.9 Å². The van der Waals surface area contributed by atoms with E-state index in [1.165, 1.54) is 22.4 Å². The van der Waals surface area contributed by atoms with Crippen molar-refractivity contribution < 1.29 is 0 Å². The summed E-state index contributed by atoms with van der Waals surface area (Å²) in [7, 11) is 2.08. The first-order valence-electron chi connectivity index (χ1n) is 5.54. The Kier molecular flexibility index (Phi) is 2.95. The highest BCUT2D eigenvalue weighted by molar-refractivity contribution is 5.86. The number of hydrogen-bond donors (Lipinski definition) is 0. The van der Waals surface area contributed by atoms with E-state index in [0.29, 0.717) is 0 Å². The molecule has 0 spiro atoms. The topological polar surface area (TPSA) is 3.24 Å². The Morgan fingerprint density at radius 2 is 1.94 bits per heavy atom. The van der Waals surface area contributed by atoms with Crippen LogP contribution in [-0.2, 0) is 0 Å². The smallest absolute Gasteiger partial charge is 0.0483 e. The molecule has 1 nitrogen and oxygen atoms in total. The third-order valence-corrected chi connectivity index (χ3v) is 2.67. The largest absolute Gasteiger partial charge is 0.351 e. The summed E-state index contributed by atoms with van der Waals surface area (Å²) in [4.78, 5) is 2.15. The molecular weight excluding hydrogens is 194 g/mol. The highest BCUT2D eigenvalue weighted by Crippen LogP contribution is 2.31. The molecule has 0 N–H and O–H groups in total. The van der Waals surface area contributed by atoms with Gasteiger partial charge in [-0.2, -0.15) is 0 Å². The SMILES string of the molecule is CC(C)=C/C=C1/C=CN(C)c2ccccc21. The number of allylic oxidation sites excluding steroid dienone is 5. The molecule has 0 saturated heterocycles. The van der Waals surface area contributed by atoms with Crippen molar-refractivity contribution >= 4 is 11.3 Å². The van der Waals surface area contributed by atoms with Crippen LogP contribution in [0.5, 0.6) is 0 Å². The van der Waals surface area contributed by atoms with Crippen LogP contribution in [0.2, 0.25) is 0 Å². The molecule has 2 rings (SSSR count). The van der Waals surface area contributed by atoms with Gasteiger partial charge in [0, 0.05) is 24.5 Å². The van der Waals surface area contributed by atoms with Crippen LogP contribution < -0.4 is 4.90 Å². The van der Waals surface area contributed by atoms with Crippen LogP contribution in [0.25, 0.3) is 5.57 Å². The highest BCUT2D eigenvalue weighted by Gasteiger charge is 2.11. The first kappa shape index (κ1) is 10.7. The summed E-state index contributed by atoms with van der Waals surface area (Å²) in [5, 5.41) is 0. The maximum Gasteiger partial charge on any atom is 0.0483 e. The molecule has 1 aromatic rings. The van der Waals surface area contributed by atoms with Crippen LogP contribution in [0, 0.1) is 0 Å². The molecule has 0 fully saturated rings. The second-order valence-electron chi connectivity index (χ2n) is 4.31. The monoisotopic (exact) mass is 211 g/mol. The molecule has 16 heavy (non-hydrogen) atoms. The fourth-order valence-corrected chi connectivity index (χ4v) is 1.79. The van der Waals surface area contributed by atoms with Gasteiger partial charge in [0.15, 0.2) is 0 Å². The van der Waals surface area contributed by atoms with Gasteiger partial charge in [-0.3, -0.25) is 0 Å². The minimum Gasteiger partial charge on any atom is -0.351 e. The minimum atomic E-state index is 1.26. The molecule has 0 saturated carbocycles. The van der Waals surface area contributed by atoms with E-state index in [1.807, 2.05) is 0 Å². The van der Waals surface area contributed by atoms with Crippen molar-refractivity contribution in [3.05, 3.63) is 59.8 Å². The van der Waals surface area contributed by atoms with E-state index in [4.69, 9.17) is 0 Å². The Morgan fingerprint density at radius 3 is 2.69 bits per heavy atom. The summed E-state index contributed by atoms with van der Waals surface area (Å²) in [5.41, 5.74) is 5.15. The van der Waals surface area contributed by atoms with Crippen LogP contribution in [0.3, 0.4) is 0 Å². The quantitative estimate of drug-likeness (QED) is 0.678. The zero-order valence-electron chi connectivity index (χ0n) is 10.1. The first-order valence-corrected chi connectivity index (χ1v) is 5.54. The van der Waals surface area contributed by atoms with Crippen molar-refractivity contribution in [3.63, 3.8) is 0 Å². The molecule has 0 atom stereocenters. The van der Waals surface area contributed by atoms with E-state index in [-0.39, 0.29) is 0 Å². The molecule has 1 aliphatic heterocycles. The Morgan fingerprint density at radius 1 is 1.19 bits per heavy atom. The second-order valence-corrected chi connectivity index (χ2v) is 4.31. The molecule has 0 amide bonds. The van der Waals surface area contributed by atoms with Crippen LogP contribution in [0.1, 0.15) is 19.4 Å². The van der Waals surface area contributed by atoms with Crippen LogP contribution in [0.15, 0.2) is 54.3 Å². The molecule has 0 unspecified atom stereocenters. The fourth-order valence-electron chi connectivity index (χ4n) is 1.79. The number of fused-ring (bicyclic) bond motifs is 1. The van der Waals surface area contributed by atoms with Crippen LogP contribution >= 0.6 is 0 Å². The van der Waals surface area contributed by atoms with Crippen molar-refractivity contribution in [1.82, 2.24) is 0 Å². The molecule has 82 valence electrons. The van der Waals surface area contributed by atoms with Gasteiger partial charge in [-0.15, -0.1) is 0 Å². The summed E-state index contributed by atoms with van der Waals surface area (Å²) in [6.45, 7) is 4.23. The second kappa shape index (κ2) is 4.40. The van der Waals surface area contributed by atoms with E-state index >= 15 is 0 Å². The third kappa shape index (κ3) is 2.08. The molecular formula is C15H17N. The van der Waals surface area contributed by atoms with E-state index in [2.05, 4.69) is 74.5 Å². The van der Waals surface area contributed by atoms with Crippen molar-refractivity contribution in [2.24, 2.45) is 0 Å². The number of benzene rings is 1. The van der Waals surface area contributed by atoms with Gasteiger partial charge in [-0.1, -0.05) is 35.9 Å². The summed E-state index contributed by atoms with van der Waals surface area (Å²) in [6, 6.07) is 8.48. The van der Waals surface area contributed by atoms with Gasteiger partial charge in [0.05, 0.1) is 0 Å². The fraction of sp³-hybridized carbons (Fsp3) is 0.200. The number of hydrogen-bond acceptors (Lipinski definition) is 1. The van der Waals surface area contributed by atoms with Crippen molar-refractivity contribution in [1.29, 1.82) is 0 Å². The van der Waals surface area contributed by atoms with Gasteiger partial charge < -0.3 is 4.90 Å². The number of rotatable bonds is 1. The first-order chi connectivity index (χ1) is 7.68. The summed E-state index contributed by atoms with van der Waals surface area (Å²) >= 11 is 0. The van der Waals surface area contributed by atoms with E-state index < -0.39 is 0 Å². The van der Waals surface area contributed by atoms with Gasteiger partial charge in [-0.05, 0) is 31.6 Å². The Hall–Kier alpha value is -1.76. The Labute approximate surface area is 97.4 Å². The van der Waals surface area contributed by atoms with Gasteiger partial charge in [0.25, 0.3) is 0 Å². The molecule has 1 heteroatoms. The predicted octanol–water partition coefficient (Wildman–Crippen LogP) is 4.00. The minimum absolute atomic E-state index is 1.26. The lowest BCUT2D eigenvalue weighted by Gasteiger charge is -2.23. The van der Waals surface area contributed by atoms with Gasteiger partial charge >= 0.3 is 0 Å². The molecule has 0 aromatic heterocycles. The Balaban J connectivity index is 2.48. The predicted molar refractivity (Wildman–Crippen MR) is 71.4 cm³/mol. The van der Waals surface area contributed by atoms with E-state index in [1.54, 1.807) is 0 Å². The summed E-state index contributed by atoms with van der Waals surface area (Å²) in [5.74, 6) is 0. The number of para-hydroxylation sites is 1. The molecule has 1 aliphatic rings. The highest BCUT2D eigenvalue weighted by atomic mass is 15.1. The molecule has 0 bridgehead atoms. The molecule has 0 aliphatic carbocycles. The van der Waals surface area contributed by atoms with Crippen molar-refractivity contribution in [3.8, 4) is 0 Å². The standard InChI is InChI=1S/C15H17N/c1-12(2)8-9-13-10-11-16(3)15-7-5-4-6-14(13)15/h4-11H,1-3H3/b13-9-. The van der Waals surface area contributed by atoms with Gasteiger partial charge in [0.2, 0.25) is 0 Å². The van der Waals surface area contributed by atoms with Gasteiger partial charge in [-0.25, -0.2) is 0 Å². The lowest BCUT2D eigenvalue weighted by molar-refractivity contribution is 1.18. The summed E-state index contributed by atoms with van der Waals surface area (Å²) in [6.07, 6.45) is 8.59. The number of nitrogens with zero attached hydrogens (tertiary/aromatic N) is 1. The molecule has 0 radical (unpaired) electrons. The van der Waals surface area contributed by atoms with Crippen molar-refractivity contribution in [2.45, 2.75) is 13.8 Å².